The van der Waals surface area contributed by atoms with Crippen LogP contribution < -0.4 is 10.1 Å². The first-order chi connectivity index (χ1) is 20.8. The monoisotopic (exact) mass is 614 g/mol. The molecular formula is C31H31F5N6O2. The van der Waals surface area contributed by atoms with Crippen molar-refractivity contribution in [2.45, 2.75) is 52.8 Å². The molecule has 3 aromatic heterocycles. The van der Waals surface area contributed by atoms with E-state index in [0.717, 1.165) is 36.0 Å². The SMILES string of the molecule is CCc1cn([C@H]2C=C(Nc3ncnc(Oc4cc(F)c5[nH]c(C)cc5c4F)c3C(=O)N(C)CC)C=C(C(F)(F)F)C2)cc1C. The summed E-state index contributed by atoms with van der Waals surface area (Å²) in [5.74, 6) is -3.42. The van der Waals surface area contributed by atoms with Crippen LogP contribution in [0.15, 0.2) is 54.3 Å². The van der Waals surface area contributed by atoms with Crippen LogP contribution in [0.4, 0.5) is 27.8 Å². The standard InChI is InChI=1S/C31H31F5N6O2/c1-6-18-14-42(13-16(18)3)21-10-19(31(34,35)36)9-20(11-21)40-28-25(30(43)41(5)7-2)29(38-15-37-28)44-24-12-23(32)27-22(26(24)33)8-17(4)39-27/h8-9,11-15,21,39H,6-7,10H2,1-5H3,(H,37,38,40)/t21-/m1/s1. The van der Waals surface area contributed by atoms with Gasteiger partial charge in [0.2, 0.25) is 5.88 Å². The molecule has 0 saturated heterocycles. The molecular weight excluding hydrogens is 583 g/mol. The van der Waals surface area contributed by atoms with E-state index in [2.05, 4.69) is 20.3 Å². The Morgan fingerprint density at radius 3 is 2.59 bits per heavy atom. The van der Waals surface area contributed by atoms with Crippen molar-refractivity contribution in [2.24, 2.45) is 0 Å². The number of allylic oxidation sites excluding steroid dienone is 3. The lowest BCUT2D eigenvalue weighted by Crippen LogP contribution is -2.28. The first-order valence-electron chi connectivity index (χ1n) is 14.0. The average Bonchev–Trinajstić information content (AvgIpc) is 3.57. The van der Waals surface area contributed by atoms with Crippen molar-refractivity contribution < 1.29 is 31.5 Å². The second-order valence-electron chi connectivity index (χ2n) is 10.7. The molecule has 1 aliphatic carbocycles. The molecule has 3 heterocycles. The second-order valence-corrected chi connectivity index (χ2v) is 10.7. The molecule has 0 unspecified atom stereocenters. The van der Waals surface area contributed by atoms with Crippen molar-refractivity contribution in [3.63, 3.8) is 0 Å². The molecule has 0 aliphatic heterocycles. The van der Waals surface area contributed by atoms with Gasteiger partial charge in [-0.15, -0.1) is 0 Å². The average molecular weight is 615 g/mol. The predicted molar refractivity (Wildman–Crippen MR) is 156 cm³/mol. The van der Waals surface area contributed by atoms with E-state index in [4.69, 9.17) is 4.74 Å². The van der Waals surface area contributed by atoms with Crippen LogP contribution in [0.2, 0.25) is 0 Å². The number of ether oxygens (including phenoxy) is 1. The number of carbonyl (C=O) groups excluding carboxylic acids is 1. The van der Waals surface area contributed by atoms with Crippen LogP contribution >= 0.6 is 0 Å². The van der Waals surface area contributed by atoms with Crippen molar-refractivity contribution in [1.82, 2.24) is 24.4 Å². The number of H-pyrrole nitrogens is 1. The lowest BCUT2D eigenvalue weighted by Gasteiger charge is -2.26. The summed E-state index contributed by atoms with van der Waals surface area (Å²) in [6.45, 7) is 7.47. The number of hydrogen-bond donors (Lipinski definition) is 2. The lowest BCUT2D eigenvalue weighted by molar-refractivity contribution is -0.0950. The summed E-state index contributed by atoms with van der Waals surface area (Å²) >= 11 is 0. The Hall–Kier alpha value is -4.68. The zero-order chi connectivity index (χ0) is 31.9. The molecule has 13 heteroatoms. The zero-order valence-electron chi connectivity index (χ0n) is 24.7. The minimum absolute atomic E-state index is 0.0391. The van der Waals surface area contributed by atoms with E-state index in [1.165, 1.54) is 18.0 Å². The van der Waals surface area contributed by atoms with Gasteiger partial charge in [-0.3, -0.25) is 4.79 Å². The van der Waals surface area contributed by atoms with Crippen LogP contribution in [0.3, 0.4) is 0 Å². The lowest BCUT2D eigenvalue weighted by atomic mass is 9.97. The Kier molecular flexibility index (Phi) is 8.23. The number of aromatic amines is 1. The minimum atomic E-state index is -4.60. The van der Waals surface area contributed by atoms with Gasteiger partial charge in [0.15, 0.2) is 23.2 Å². The van der Waals surface area contributed by atoms with Crippen LogP contribution in [0, 0.1) is 25.5 Å². The van der Waals surface area contributed by atoms with Crippen LogP contribution in [0.5, 0.6) is 11.6 Å². The van der Waals surface area contributed by atoms with Crippen molar-refractivity contribution >= 4 is 22.6 Å². The number of nitrogens with zero attached hydrogens (tertiary/aromatic N) is 4. The fourth-order valence-corrected chi connectivity index (χ4v) is 5.16. The molecule has 1 amide bonds. The third-order valence-electron chi connectivity index (χ3n) is 7.63. The number of carbonyl (C=O) groups is 1. The first kappa shape index (κ1) is 30.8. The topological polar surface area (TPSA) is 88.1 Å². The molecule has 8 nitrogen and oxygen atoms in total. The fourth-order valence-electron chi connectivity index (χ4n) is 5.16. The Labute approximate surface area is 250 Å². The number of rotatable bonds is 8. The third kappa shape index (κ3) is 5.90. The molecule has 232 valence electrons. The number of anilines is 1. The normalized spacial score (nSPS) is 15.3. The van der Waals surface area contributed by atoms with Crippen molar-refractivity contribution in [3.05, 3.63) is 88.3 Å². The number of fused-ring (bicyclic) bond motifs is 1. The molecule has 0 spiro atoms. The summed E-state index contributed by atoms with van der Waals surface area (Å²) in [4.78, 5) is 25.7. The van der Waals surface area contributed by atoms with Gasteiger partial charge >= 0.3 is 6.18 Å². The van der Waals surface area contributed by atoms with Gasteiger partial charge in [-0.1, -0.05) is 6.92 Å². The van der Waals surface area contributed by atoms with E-state index < -0.39 is 47.0 Å². The number of alkyl halides is 3. The van der Waals surface area contributed by atoms with Crippen molar-refractivity contribution in [1.29, 1.82) is 0 Å². The molecule has 2 N–H and O–H groups in total. The zero-order valence-corrected chi connectivity index (χ0v) is 24.7. The molecule has 1 atom stereocenters. The molecule has 1 aromatic carbocycles. The molecule has 44 heavy (non-hydrogen) atoms. The molecule has 0 fully saturated rings. The summed E-state index contributed by atoms with van der Waals surface area (Å²) < 4.78 is 79.8. The highest BCUT2D eigenvalue weighted by Crippen LogP contribution is 2.39. The third-order valence-corrected chi connectivity index (χ3v) is 7.63. The minimum Gasteiger partial charge on any atom is -0.435 e. The van der Waals surface area contributed by atoms with Gasteiger partial charge in [-0.05, 0) is 56.5 Å². The number of hydrogen-bond acceptors (Lipinski definition) is 5. The molecule has 0 saturated carbocycles. The largest absolute Gasteiger partial charge is 0.435 e. The Bertz CT molecular complexity index is 1800. The number of nitrogens with one attached hydrogen (secondary N) is 2. The fraction of sp³-hybridized carbons (Fsp3) is 0.323. The highest BCUT2D eigenvalue weighted by molar-refractivity contribution is 6.01. The van der Waals surface area contributed by atoms with E-state index in [-0.39, 0.29) is 40.9 Å². The van der Waals surface area contributed by atoms with Gasteiger partial charge in [0, 0.05) is 60.8 Å². The number of amides is 1. The number of halogens is 5. The smallest absolute Gasteiger partial charge is 0.412 e. The molecule has 0 radical (unpaired) electrons. The van der Waals surface area contributed by atoms with Crippen LogP contribution in [0.1, 0.15) is 53.5 Å². The summed E-state index contributed by atoms with van der Waals surface area (Å²) in [7, 11) is 1.50. The molecule has 5 rings (SSSR count). The summed E-state index contributed by atoms with van der Waals surface area (Å²) in [5.41, 5.74) is 1.46. The van der Waals surface area contributed by atoms with E-state index in [1.54, 1.807) is 30.7 Å². The van der Waals surface area contributed by atoms with Gasteiger partial charge in [-0.2, -0.15) is 13.2 Å². The van der Waals surface area contributed by atoms with Gasteiger partial charge in [0.1, 0.15) is 11.9 Å². The second kappa shape index (κ2) is 11.8. The Balaban J connectivity index is 1.59. The van der Waals surface area contributed by atoms with Gasteiger partial charge in [0.25, 0.3) is 5.91 Å². The van der Waals surface area contributed by atoms with Gasteiger partial charge in [-0.25, -0.2) is 18.7 Å². The number of aromatic nitrogens is 4. The summed E-state index contributed by atoms with van der Waals surface area (Å²) in [5, 5.41) is 2.79. The predicted octanol–water partition coefficient (Wildman–Crippen LogP) is 7.53. The molecule has 4 aromatic rings. The highest BCUT2D eigenvalue weighted by atomic mass is 19.4. The Morgan fingerprint density at radius 1 is 1.18 bits per heavy atom. The molecule has 1 aliphatic rings. The van der Waals surface area contributed by atoms with E-state index in [1.807, 2.05) is 20.0 Å². The maximum Gasteiger partial charge on any atom is 0.412 e. The number of benzene rings is 1. The van der Waals surface area contributed by atoms with Crippen LogP contribution in [0.25, 0.3) is 10.9 Å². The number of aryl methyl sites for hydroxylation is 3. The van der Waals surface area contributed by atoms with Crippen molar-refractivity contribution in [2.75, 3.05) is 18.9 Å². The van der Waals surface area contributed by atoms with E-state index in [9.17, 15) is 22.4 Å². The first-order valence-corrected chi connectivity index (χ1v) is 14.0. The quantitative estimate of drug-likeness (QED) is 0.200. The Morgan fingerprint density at radius 2 is 1.93 bits per heavy atom. The van der Waals surface area contributed by atoms with Crippen LogP contribution in [-0.4, -0.2) is 50.1 Å². The van der Waals surface area contributed by atoms with Crippen LogP contribution in [-0.2, 0) is 6.42 Å². The summed E-state index contributed by atoms with van der Waals surface area (Å²) in [6, 6.07) is 1.56. The van der Waals surface area contributed by atoms with Crippen molar-refractivity contribution in [3.8, 4) is 11.6 Å². The van der Waals surface area contributed by atoms with E-state index >= 15 is 4.39 Å². The van der Waals surface area contributed by atoms with Gasteiger partial charge < -0.3 is 24.5 Å². The molecule has 0 bridgehead atoms. The van der Waals surface area contributed by atoms with E-state index in [0.29, 0.717) is 5.69 Å². The maximum absolute atomic E-state index is 15.4. The highest BCUT2D eigenvalue weighted by Gasteiger charge is 2.37. The summed E-state index contributed by atoms with van der Waals surface area (Å²) in [6.07, 6.45) is 3.06. The van der Waals surface area contributed by atoms with Gasteiger partial charge in [0.05, 0.1) is 11.6 Å². The maximum atomic E-state index is 15.4.